The van der Waals surface area contributed by atoms with Crippen molar-refractivity contribution in [2.45, 2.75) is 39.3 Å². The number of nitrogens with zero attached hydrogens (tertiary/aromatic N) is 3. The van der Waals surface area contributed by atoms with Gasteiger partial charge in [-0.25, -0.2) is 9.78 Å². The van der Waals surface area contributed by atoms with Gasteiger partial charge in [0, 0.05) is 12.7 Å². The Hall–Kier alpha value is -2.93. The molecule has 140 valence electrons. The molecule has 0 saturated heterocycles. The fourth-order valence-electron chi connectivity index (χ4n) is 3.52. The highest BCUT2D eigenvalue weighted by Gasteiger charge is 2.22. The first-order valence-electron chi connectivity index (χ1n) is 9.29. The minimum Gasteiger partial charge on any atom is -0.340 e. The summed E-state index contributed by atoms with van der Waals surface area (Å²) in [5.74, 6) is 1.32. The lowest BCUT2D eigenvalue weighted by atomic mass is 10.0. The van der Waals surface area contributed by atoms with Gasteiger partial charge in [-0.1, -0.05) is 19.9 Å². The first-order chi connectivity index (χ1) is 13.1. The summed E-state index contributed by atoms with van der Waals surface area (Å²) in [5, 5.41) is 0. The normalized spacial score (nSPS) is 13.0. The fraction of sp³-hybridized carbons (Fsp3) is 0.350. The van der Waals surface area contributed by atoms with Gasteiger partial charge in [-0.15, -0.1) is 0 Å². The van der Waals surface area contributed by atoms with Crippen molar-refractivity contribution in [3.63, 3.8) is 0 Å². The molecule has 0 amide bonds. The van der Waals surface area contributed by atoms with Crippen molar-refractivity contribution in [1.29, 1.82) is 0 Å². The molecule has 3 heterocycles. The number of aromatic nitrogens is 5. The monoisotopic (exact) mass is 364 g/mol. The Morgan fingerprint density at radius 2 is 2.00 bits per heavy atom. The second-order valence-electron chi connectivity index (χ2n) is 7.36. The van der Waals surface area contributed by atoms with Gasteiger partial charge in [-0.2, -0.15) is 0 Å². The van der Waals surface area contributed by atoms with Crippen LogP contribution in [0, 0.1) is 5.92 Å². The van der Waals surface area contributed by atoms with Crippen molar-refractivity contribution in [1.82, 2.24) is 24.5 Å². The average molecular weight is 364 g/mol. The second-order valence-corrected chi connectivity index (χ2v) is 7.36. The molecule has 0 spiro atoms. The molecule has 0 radical (unpaired) electrons. The number of H-pyrrole nitrogens is 2. The SMILES string of the molecule is CC(C)CCC(c1nc2cc(CN)ccc2[nH]1)n1c(=O)[nH]c2cnccc21. The zero-order valence-electron chi connectivity index (χ0n) is 15.6. The minimum absolute atomic E-state index is 0.144. The van der Waals surface area contributed by atoms with Crippen LogP contribution >= 0.6 is 0 Å². The van der Waals surface area contributed by atoms with Crippen LogP contribution in [-0.4, -0.2) is 24.5 Å². The summed E-state index contributed by atoms with van der Waals surface area (Å²) in [5.41, 5.74) is 10.0. The molecule has 0 aliphatic rings. The first-order valence-corrected chi connectivity index (χ1v) is 9.29. The molecule has 4 rings (SSSR count). The Kier molecular flexibility index (Phi) is 4.53. The Bertz CT molecular complexity index is 1140. The highest BCUT2D eigenvalue weighted by atomic mass is 16.1. The predicted molar refractivity (Wildman–Crippen MR) is 107 cm³/mol. The first kappa shape index (κ1) is 17.5. The van der Waals surface area contributed by atoms with E-state index < -0.39 is 0 Å². The van der Waals surface area contributed by atoms with Gasteiger partial charge in [-0.3, -0.25) is 9.55 Å². The van der Waals surface area contributed by atoms with E-state index in [0.29, 0.717) is 12.5 Å². The topological polar surface area (TPSA) is 105 Å². The summed E-state index contributed by atoms with van der Waals surface area (Å²) in [7, 11) is 0. The molecule has 7 heteroatoms. The van der Waals surface area contributed by atoms with Gasteiger partial charge >= 0.3 is 5.69 Å². The number of pyridine rings is 1. The van der Waals surface area contributed by atoms with Crippen molar-refractivity contribution < 1.29 is 0 Å². The van der Waals surface area contributed by atoms with Gasteiger partial charge in [0.05, 0.1) is 34.3 Å². The summed E-state index contributed by atoms with van der Waals surface area (Å²) in [4.78, 5) is 28.0. The maximum Gasteiger partial charge on any atom is 0.327 e. The van der Waals surface area contributed by atoms with Crippen LogP contribution in [0.4, 0.5) is 0 Å². The molecule has 1 aromatic carbocycles. The van der Waals surface area contributed by atoms with Crippen molar-refractivity contribution in [2.75, 3.05) is 0 Å². The van der Waals surface area contributed by atoms with E-state index in [2.05, 4.69) is 28.8 Å². The van der Waals surface area contributed by atoms with Gasteiger partial charge in [-0.05, 0) is 42.5 Å². The fourth-order valence-corrected chi connectivity index (χ4v) is 3.52. The number of imidazole rings is 2. The zero-order chi connectivity index (χ0) is 19.0. The molecule has 1 atom stereocenters. The highest BCUT2D eigenvalue weighted by molar-refractivity contribution is 5.76. The van der Waals surface area contributed by atoms with E-state index in [1.165, 1.54) is 0 Å². The molecule has 27 heavy (non-hydrogen) atoms. The largest absolute Gasteiger partial charge is 0.340 e. The van der Waals surface area contributed by atoms with Crippen LogP contribution in [0.3, 0.4) is 0 Å². The van der Waals surface area contributed by atoms with Crippen LogP contribution < -0.4 is 11.4 Å². The minimum atomic E-state index is -0.176. The maximum absolute atomic E-state index is 12.7. The van der Waals surface area contributed by atoms with Crippen LogP contribution in [-0.2, 0) is 6.54 Å². The summed E-state index contributed by atoms with van der Waals surface area (Å²) in [6, 6.07) is 7.68. The van der Waals surface area contributed by atoms with Gasteiger partial charge in [0.25, 0.3) is 0 Å². The Balaban J connectivity index is 1.86. The number of hydrogen-bond acceptors (Lipinski definition) is 4. The van der Waals surface area contributed by atoms with Crippen molar-refractivity contribution >= 4 is 22.1 Å². The lowest BCUT2D eigenvalue weighted by Gasteiger charge is -2.17. The van der Waals surface area contributed by atoms with Crippen LogP contribution in [0.2, 0.25) is 0 Å². The molecular weight excluding hydrogens is 340 g/mol. The van der Waals surface area contributed by atoms with Crippen LogP contribution in [0.15, 0.2) is 41.5 Å². The number of aromatic amines is 2. The highest BCUT2D eigenvalue weighted by Crippen LogP contribution is 2.27. The number of rotatable bonds is 6. The van der Waals surface area contributed by atoms with Crippen LogP contribution in [0.25, 0.3) is 22.1 Å². The Morgan fingerprint density at radius 1 is 1.15 bits per heavy atom. The molecule has 0 fully saturated rings. The Labute approximate surface area is 156 Å². The third kappa shape index (κ3) is 3.26. The van der Waals surface area contributed by atoms with Gasteiger partial charge in [0.1, 0.15) is 5.82 Å². The summed E-state index contributed by atoms with van der Waals surface area (Å²) in [6.07, 6.45) is 5.19. The van der Waals surface area contributed by atoms with Crippen LogP contribution in [0.5, 0.6) is 0 Å². The predicted octanol–water partition coefficient (Wildman–Crippen LogP) is 3.09. The lowest BCUT2D eigenvalue weighted by molar-refractivity contribution is 0.448. The number of nitrogens with two attached hydrogens (primary N) is 1. The number of benzene rings is 1. The van der Waals surface area contributed by atoms with E-state index in [-0.39, 0.29) is 11.7 Å². The van der Waals surface area contributed by atoms with Gasteiger partial charge in [0.15, 0.2) is 0 Å². The molecule has 0 saturated carbocycles. The smallest absolute Gasteiger partial charge is 0.327 e. The van der Waals surface area contributed by atoms with Crippen molar-refractivity contribution in [3.8, 4) is 0 Å². The summed E-state index contributed by atoms with van der Waals surface area (Å²) >= 11 is 0. The molecule has 0 aliphatic heterocycles. The van der Waals surface area contributed by atoms with Crippen molar-refractivity contribution in [3.05, 3.63) is 58.5 Å². The molecule has 0 aliphatic carbocycles. The van der Waals surface area contributed by atoms with Gasteiger partial charge < -0.3 is 15.7 Å². The Morgan fingerprint density at radius 3 is 2.78 bits per heavy atom. The maximum atomic E-state index is 12.7. The number of nitrogens with one attached hydrogen (secondary N) is 2. The molecule has 7 nitrogen and oxygen atoms in total. The van der Waals surface area contributed by atoms with E-state index in [1.54, 1.807) is 17.0 Å². The third-order valence-electron chi connectivity index (χ3n) is 4.96. The molecule has 4 N–H and O–H groups in total. The van der Waals surface area contributed by atoms with Crippen molar-refractivity contribution in [2.24, 2.45) is 11.7 Å². The molecule has 3 aromatic heterocycles. The summed E-state index contributed by atoms with van der Waals surface area (Å²) < 4.78 is 1.79. The quantitative estimate of drug-likeness (QED) is 0.489. The number of fused-ring (bicyclic) bond motifs is 2. The molecular formula is C20H24N6O. The average Bonchev–Trinajstić information content (AvgIpc) is 3.22. The van der Waals surface area contributed by atoms with E-state index in [9.17, 15) is 4.79 Å². The van der Waals surface area contributed by atoms with Gasteiger partial charge in [0.2, 0.25) is 0 Å². The zero-order valence-corrected chi connectivity index (χ0v) is 15.6. The number of hydrogen-bond donors (Lipinski definition) is 3. The van der Waals surface area contributed by atoms with E-state index >= 15 is 0 Å². The third-order valence-corrected chi connectivity index (χ3v) is 4.96. The molecule has 1 unspecified atom stereocenters. The standard InChI is InChI=1S/C20H24N6O/c1-12(2)3-6-18(26-17-7-8-22-11-16(17)25-20(26)27)19-23-14-5-4-13(10-21)9-15(14)24-19/h4-5,7-9,11-12,18H,3,6,10,21H2,1-2H3,(H,23,24)(H,25,27). The second kappa shape index (κ2) is 7.00. The van der Waals surface area contributed by atoms with Crippen LogP contribution in [0.1, 0.15) is 44.1 Å². The van der Waals surface area contributed by atoms with E-state index in [4.69, 9.17) is 10.7 Å². The molecule has 4 aromatic rings. The van der Waals surface area contributed by atoms with E-state index in [0.717, 1.165) is 46.3 Å². The molecule has 0 bridgehead atoms. The summed E-state index contributed by atoms with van der Waals surface area (Å²) in [6.45, 7) is 4.85. The van der Waals surface area contributed by atoms with E-state index in [1.807, 2.05) is 24.3 Å². The lowest BCUT2D eigenvalue weighted by Crippen LogP contribution is -2.24.